The Morgan fingerprint density at radius 1 is 0.882 bits per heavy atom. The van der Waals surface area contributed by atoms with Crippen LogP contribution in [-0.2, 0) is 9.47 Å². The molecule has 0 aromatic carbocycles. The van der Waals surface area contributed by atoms with Crippen LogP contribution in [0.4, 0.5) is 26.3 Å². The first-order chi connectivity index (χ1) is 7.51. The molecule has 0 heterocycles. The van der Waals surface area contributed by atoms with Crippen LogP contribution in [0.15, 0.2) is 0 Å². The highest BCUT2D eigenvalue weighted by atomic mass is 19.4. The van der Waals surface area contributed by atoms with Gasteiger partial charge in [0.25, 0.3) is 0 Å². The van der Waals surface area contributed by atoms with E-state index in [2.05, 4.69) is 9.47 Å². The Balaban J connectivity index is 3.79. The molecule has 2 unspecified atom stereocenters. The molecule has 2 atom stereocenters. The summed E-state index contributed by atoms with van der Waals surface area (Å²) < 4.78 is 79.3. The molecule has 0 aliphatic heterocycles. The maximum Gasteiger partial charge on any atom is 0.411 e. The Kier molecular flexibility index (Phi) is 6.25. The van der Waals surface area contributed by atoms with Gasteiger partial charge in [0.15, 0.2) is 0 Å². The summed E-state index contributed by atoms with van der Waals surface area (Å²) in [5, 5.41) is 0. The van der Waals surface area contributed by atoms with Gasteiger partial charge < -0.3 is 9.47 Å². The van der Waals surface area contributed by atoms with Crippen molar-refractivity contribution in [2.45, 2.75) is 32.3 Å². The molecular formula is C9H14F6O2. The van der Waals surface area contributed by atoms with Crippen molar-refractivity contribution in [3.63, 3.8) is 0 Å². The summed E-state index contributed by atoms with van der Waals surface area (Å²) in [6.07, 6.45) is -9.71. The minimum atomic E-state index is -4.44. The minimum absolute atomic E-state index is 0.307. The highest BCUT2D eigenvalue weighted by Gasteiger charge is 2.30. The third-order valence-corrected chi connectivity index (χ3v) is 1.96. The van der Waals surface area contributed by atoms with Crippen LogP contribution in [0.5, 0.6) is 0 Å². The predicted molar refractivity (Wildman–Crippen MR) is 47.5 cm³/mol. The smallest absolute Gasteiger partial charge is 0.372 e. The lowest BCUT2D eigenvalue weighted by molar-refractivity contribution is -0.195. The summed E-state index contributed by atoms with van der Waals surface area (Å²) in [5.74, 6) is -0.556. The molecule has 0 bridgehead atoms. The van der Waals surface area contributed by atoms with Crippen molar-refractivity contribution < 1.29 is 35.8 Å². The average molecular weight is 268 g/mol. The van der Waals surface area contributed by atoms with Gasteiger partial charge in [0, 0.05) is 5.92 Å². The monoisotopic (exact) mass is 268 g/mol. The van der Waals surface area contributed by atoms with Crippen molar-refractivity contribution >= 4 is 0 Å². The van der Waals surface area contributed by atoms with Gasteiger partial charge in [-0.25, -0.2) is 0 Å². The van der Waals surface area contributed by atoms with E-state index in [4.69, 9.17) is 0 Å². The highest BCUT2D eigenvalue weighted by Crippen LogP contribution is 2.19. The van der Waals surface area contributed by atoms with Crippen LogP contribution >= 0.6 is 0 Å². The molecule has 17 heavy (non-hydrogen) atoms. The van der Waals surface area contributed by atoms with Crippen molar-refractivity contribution in [2.75, 3.05) is 19.8 Å². The van der Waals surface area contributed by atoms with Gasteiger partial charge in [-0.3, -0.25) is 0 Å². The second-order valence-electron chi connectivity index (χ2n) is 3.74. The fourth-order valence-electron chi connectivity index (χ4n) is 0.886. The summed E-state index contributed by atoms with van der Waals surface area (Å²) >= 11 is 0. The zero-order valence-corrected chi connectivity index (χ0v) is 9.36. The fraction of sp³-hybridized carbons (Fsp3) is 1.00. The van der Waals surface area contributed by atoms with Gasteiger partial charge in [-0.1, -0.05) is 6.92 Å². The molecule has 2 nitrogen and oxygen atoms in total. The van der Waals surface area contributed by atoms with E-state index in [0.717, 1.165) is 0 Å². The van der Waals surface area contributed by atoms with E-state index in [1.807, 2.05) is 0 Å². The number of hydrogen-bond acceptors (Lipinski definition) is 2. The lowest BCUT2D eigenvalue weighted by Gasteiger charge is -2.21. The number of rotatable bonds is 6. The quantitative estimate of drug-likeness (QED) is 0.689. The van der Waals surface area contributed by atoms with E-state index < -0.39 is 37.6 Å². The molecule has 0 aromatic rings. The maximum atomic E-state index is 11.8. The van der Waals surface area contributed by atoms with Gasteiger partial charge in [-0.15, -0.1) is 0 Å². The van der Waals surface area contributed by atoms with E-state index in [1.165, 1.54) is 13.8 Å². The third-order valence-electron chi connectivity index (χ3n) is 1.96. The molecule has 0 rings (SSSR count). The normalized spacial score (nSPS) is 16.9. The molecule has 0 N–H and O–H groups in total. The Hall–Kier alpha value is -0.500. The summed E-state index contributed by atoms with van der Waals surface area (Å²) in [6.45, 7) is -0.329. The summed E-state index contributed by atoms with van der Waals surface area (Å²) in [4.78, 5) is 0. The van der Waals surface area contributed by atoms with Gasteiger partial charge >= 0.3 is 12.4 Å². The second-order valence-corrected chi connectivity index (χ2v) is 3.74. The maximum absolute atomic E-state index is 11.8. The number of alkyl halides is 6. The second kappa shape index (κ2) is 6.44. The van der Waals surface area contributed by atoms with Crippen LogP contribution in [0.2, 0.25) is 0 Å². The first-order valence-corrected chi connectivity index (χ1v) is 4.84. The molecule has 104 valence electrons. The van der Waals surface area contributed by atoms with Gasteiger partial charge in [0.2, 0.25) is 0 Å². The number of halogens is 6. The van der Waals surface area contributed by atoms with Crippen LogP contribution in [0.1, 0.15) is 13.8 Å². The van der Waals surface area contributed by atoms with E-state index in [1.54, 1.807) is 0 Å². The van der Waals surface area contributed by atoms with Crippen molar-refractivity contribution in [3.05, 3.63) is 0 Å². The first kappa shape index (κ1) is 16.5. The lowest BCUT2D eigenvalue weighted by Crippen LogP contribution is -2.29. The molecule has 0 amide bonds. The highest BCUT2D eigenvalue weighted by molar-refractivity contribution is 4.62. The molecule has 0 saturated carbocycles. The van der Waals surface area contributed by atoms with Gasteiger partial charge in [-0.05, 0) is 6.92 Å². The fourth-order valence-corrected chi connectivity index (χ4v) is 0.886. The summed E-state index contributed by atoms with van der Waals surface area (Å²) in [7, 11) is 0. The molecule has 0 aromatic heterocycles. The molecule has 0 aliphatic rings. The van der Waals surface area contributed by atoms with Gasteiger partial charge in [0.1, 0.15) is 13.2 Å². The minimum Gasteiger partial charge on any atom is -0.372 e. The Bertz CT molecular complexity index is 213. The summed E-state index contributed by atoms with van der Waals surface area (Å²) in [6, 6.07) is 0. The van der Waals surface area contributed by atoms with Crippen LogP contribution < -0.4 is 0 Å². The molecule has 8 heteroatoms. The Morgan fingerprint density at radius 2 is 1.35 bits per heavy atom. The van der Waals surface area contributed by atoms with E-state index in [9.17, 15) is 26.3 Å². The van der Waals surface area contributed by atoms with Crippen molar-refractivity contribution in [1.29, 1.82) is 0 Å². The first-order valence-electron chi connectivity index (χ1n) is 4.84. The molecule has 0 fully saturated rings. The molecule has 0 saturated heterocycles. The molecule has 0 radical (unpaired) electrons. The predicted octanol–water partition coefficient (Wildman–Crippen LogP) is 3.17. The van der Waals surface area contributed by atoms with Gasteiger partial charge in [0.05, 0.1) is 12.7 Å². The van der Waals surface area contributed by atoms with E-state index in [-0.39, 0.29) is 6.61 Å². The largest absolute Gasteiger partial charge is 0.411 e. The lowest BCUT2D eigenvalue weighted by atomic mass is 10.1. The topological polar surface area (TPSA) is 18.5 Å². The number of ether oxygens (including phenoxy) is 2. The van der Waals surface area contributed by atoms with Gasteiger partial charge in [-0.2, -0.15) is 26.3 Å². The SMILES string of the molecule is CC(COCC(F)(F)F)C(C)OCC(F)(F)F. The van der Waals surface area contributed by atoms with E-state index in [0.29, 0.717) is 0 Å². The van der Waals surface area contributed by atoms with Crippen molar-refractivity contribution in [2.24, 2.45) is 5.92 Å². The standard InChI is InChI=1S/C9H14F6O2/c1-6(3-16-4-8(10,11)12)7(2)17-5-9(13,14)15/h6-7H,3-5H2,1-2H3. The van der Waals surface area contributed by atoms with Crippen molar-refractivity contribution in [3.8, 4) is 0 Å². The Labute approximate surface area is 94.9 Å². The van der Waals surface area contributed by atoms with Crippen LogP contribution in [0.25, 0.3) is 0 Å². The van der Waals surface area contributed by atoms with Crippen molar-refractivity contribution in [1.82, 2.24) is 0 Å². The third kappa shape index (κ3) is 10.4. The molecular weight excluding hydrogens is 254 g/mol. The Morgan fingerprint density at radius 3 is 1.76 bits per heavy atom. The summed E-state index contributed by atoms with van der Waals surface area (Å²) in [5.41, 5.74) is 0. The van der Waals surface area contributed by atoms with E-state index >= 15 is 0 Å². The molecule has 0 spiro atoms. The number of hydrogen-bond donors (Lipinski definition) is 0. The zero-order chi connectivity index (χ0) is 13.7. The molecule has 0 aliphatic carbocycles. The van der Waals surface area contributed by atoms with Crippen LogP contribution in [-0.4, -0.2) is 38.3 Å². The van der Waals surface area contributed by atoms with Crippen LogP contribution in [0.3, 0.4) is 0 Å². The van der Waals surface area contributed by atoms with Crippen LogP contribution in [0, 0.1) is 5.92 Å². The zero-order valence-electron chi connectivity index (χ0n) is 9.36. The average Bonchev–Trinajstić information content (AvgIpc) is 2.10.